The van der Waals surface area contributed by atoms with Gasteiger partial charge in [-0.05, 0) is 36.8 Å². The maximum absolute atomic E-state index is 10.2. The van der Waals surface area contributed by atoms with E-state index in [-0.39, 0.29) is 0 Å². The van der Waals surface area contributed by atoms with E-state index in [0.717, 1.165) is 18.5 Å². The monoisotopic (exact) mass is 240 g/mol. The van der Waals surface area contributed by atoms with Crippen LogP contribution in [0.1, 0.15) is 41.0 Å². The first-order chi connectivity index (χ1) is 8.74. The van der Waals surface area contributed by atoms with Crippen molar-refractivity contribution >= 4 is 0 Å². The van der Waals surface area contributed by atoms with Crippen LogP contribution in [-0.2, 0) is 6.42 Å². The summed E-state index contributed by atoms with van der Waals surface area (Å²) in [6.45, 7) is 1.89. The number of aliphatic hydroxyl groups excluding tert-OH is 1. The summed E-state index contributed by atoms with van der Waals surface area (Å²) in [5.41, 5.74) is 4.33. The van der Waals surface area contributed by atoms with Gasteiger partial charge in [0.15, 0.2) is 0 Å². The van der Waals surface area contributed by atoms with Crippen LogP contribution in [0.2, 0.25) is 0 Å². The molecule has 3 rings (SSSR count). The summed E-state index contributed by atoms with van der Waals surface area (Å²) < 4.78 is 0. The molecule has 1 aromatic heterocycles. The quantitative estimate of drug-likeness (QED) is 0.896. The standard InChI is InChI=1S/C15H16N2O/c1-10-8-17-14(9-16-10)15(18)7-12-6-11-4-2-3-5-13(11)12/h2-5,8-9,12,15,18H,6-7H2,1H3. The molecule has 2 unspecified atom stereocenters. The smallest absolute Gasteiger partial charge is 0.0981 e. The van der Waals surface area contributed by atoms with Gasteiger partial charge in [0.2, 0.25) is 0 Å². The second-order valence-corrected chi connectivity index (χ2v) is 4.93. The van der Waals surface area contributed by atoms with Crippen molar-refractivity contribution in [3.8, 4) is 0 Å². The Morgan fingerprint density at radius 2 is 2.11 bits per heavy atom. The molecule has 0 radical (unpaired) electrons. The van der Waals surface area contributed by atoms with Crippen LogP contribution in [0.25, 0.3) is 0 Å². The van der Waals surface area contributed by atoms with E-state index < -0.39 is 6.10 Å². The highest BCUT2D eigenvalue weighted by molar-refractivity contribution is 5.40. The van der Waals surface area contributed by atoms with Gasteiger partial charge in [-0.2, -0.15) is 0 Å². The molecule has 1 aliphatic rings. The molecule has 1 heterocycles. The molecule has 0 saturated carbocycles. The average Bonchev–Trinajstić information content (AvgIpc) is 2.36. The number of nitrogens with zero attached hydrogens (tertiary/aromatic N) is 2. The Kier molecular flexibility index (Phi) is 2.84. The van der Waals surface area contributed by atoms with Crippen molar-refractivity contribution in [2.45, 2.75) is 31.8 Å². The lowest BCUT2D eigenvalue weighted by molar-refractivity contribution is 0.148. The van der Waals surface area contributed by atoms with Crippen molar-refractivity contribution in [3.63, 3.8) is 0 Å². The number of benzene rings is 1. The van der Waals surface area contributed by atoms with Crippen LogP contribution in [0, 0.1) is 6.92 Å². The Labute approximate surface area is 107 Å². The lowest BCUT2D eigenvalue weighted by Gasteiger charge is -2.31. The highest BCUT2D eigenvalue weighted by Crippen LogP contribution is 2.40. The number of aliphatic hydroxyl groups is 1. The van der Waals surface area contributed by atoms with Crippen LogP contribution in [0.4, 0.5) is 0 Å². The van der Waals surface area contributed by atoms with Crippen molar-refractivity contribution in [1.29, 1.82) is 0 Å². The highest BCUT2D eigenvalue weighted by Gasteiger charge is 2.28. The minimum absolute atomic E-state index is 0.458. The van der Waals surface area contributed by atoms with Crippen LogP contribution in [0.3, 0.4) is 0 Å². The molecular weight excluding hydrogens is 224 g/mol. The van der Waals surface area contributed by atoms with E-state index in [1.807, 2.05) is 6.92 Å². The molecule has 1 aliphatic carbocycles. The summed E-state index contributed by atoms with van der Waals surface area (Å²) >= 11 is 0. The predicted molar refractivity (Wildman–Crippen MR) is 69.2 cm³/mol. The number of hydrogen-bond acceptors (Lipinski definition) is 3. The highest BCUT2D eigenvalue weighted by atomic mass is 16.3. The van der Waals surface area contributed by atoms with Crippen LogP contribution >= 0.6 is 0 Å². The summed E-state index contributed by atoms with van der Waals surface area (Å²) in [7, 11) is 0. The first-order valence-electron chi connectivity index (χ1n) is 6.28. The first kappa shape index (κ1) is 11.4. The maximum Gasteiger partial charge on any atom is 0.0981 e. The largest absolute Gasteiger partial charge is 0.387 e. The number of rotatable bonds is 3. The van der Waals surface area contributed by atoms with Gasteiger partial charge in [-0.25, -0.2) is 0 Å². The zero-order valence-electron chi connectivity index (χ0n) is 10.4. The third-order valence-electron chi connectivity index (χ3n) is 3.61. The van der Waals surface area contributed by atoms with Crippen molar-refractivity contribution in [2.75, 3.05) is 0 Å². The van der Waals surface area contributed by atoms with Crippen molar-refractivity contribution in [2.24, 2.45) is 0 Å². The number of aryl methyl sites for hydroxylation is 1. The van der Waals surface area contributed by atoms with Crippen molar-refractivity contribution < 1.29 is 5.11 Å². The molecule has 1 aromatic carbocycles. The summed E-state index contributed by atoms with van der Waals surface area (Å²) in [4.78, 5) is 8.41. The van der Waals surface area contributed by atoms with E-state index in [1.54, 1.807) is 12.4 Å². The summed E-state index contributed by atoms with van der Waals surface area (Å²) in [6, 6.07) is 8.43. The fourth-order valence-electron chi connectivity index (χ4n) is 2.54. The molecule has 18 heavy (non-hydrogen) atoms. The lowest BCUT2D eigenvalue weighted by Crippen LogP contribution is -2.19. The van der Waals surface area contributed by atoms with Gasteiger partial charge in [0.25, 0.3) is 0 Å². The predicted octanol–water partition coefficient (Wildman–Crippen LogP) is 2.55. The third kappa shape index (κ3) is 2.02. The Bertz CT molecular complexity index is 551. The normalized spacial score (nSPS) is 18.9. The SMILES string of the molecule is Cc1cnc(C(O)CC2Cc3ccccc32)cn1. The van der Waals surface area contributed by atoms with Crippen LogP contribution in [0.5, 0.6) is 0 Å². The summed E-state index contributed by atoms with van der Waals surface area (Å²) in [5.74, 6) is 0.458. The molecular formula is C15H16N2O. The molecule has 0 fully saturated rings. The lowest BCUT2D eigenvalue weighted by atomic mass is 9.74. The van der Waals surface area contributed by atoms with Gasteiger partial charge < -0.3 is 5.11 Å². The molecule has 0 bridgehead atoms. The number of hydrogen-bond donors (Lipinski definition) is 1. The van der Waals surface area contributed by atoms with Gasteiger partial charge in [0.05, 0.1) is 23.7 Å². The van der Waals surface area contributed by atoms with Crippen molar-refractivity contribution in [1.82, 2.24) is 9.97 Å². The van der Waals surface area contributed by atoms with Gasteiger partial charge >= 0.3 is 0 Å². The fourth-order valence-corrected chi connectivity index (χ4v) is 2.54. The van der Waals surface area contributed by atoms with Gasteiger partial charge in [-0.3, -0.25) is 9.97 Å². The fraction of sp³-hybridized carbons (Fsp3) is 0.333. The molecule has 0 aliphatic heterocycles. The molecule has 0 saturated heterocycles. The Morgan fingerprint density at radius 1 is 1.28 bits per heavy atom. The topological polar surface area (TPSA) is 46.0 Å². The molecule has 3 heteroatoms. The minimum atomic E-state index is -0.517. The van der Waals surface area contributed by atoms with Crippen LogP contribution in [0.15, 0.2) is 36.7 Å². The molecule has 92 valence electrons. The second-order valence-electron chi connectivity index (χ2n) is 4.93. The zero-order chi connectivity index (χ0) is 12.5. The van der Waals surface area contributed by atoms with E-state index in [9.17, 15) is 5.11 Å². The van der Waals surface area contributed by atoms with Crippen molar-refractivity contribution in [3.05, 3.63) is 59.2 Å². The molecule has 1 N–H and O–H groups in total. The Morgan fingerprint density at radius 3 is 2.83 bits per heavy atom. The third-order valence-corrected chi connectivity index (χ3v) is 3.61. The van der Waals surface area contributed by atoms with E-state index in [1.165, 1.54) is 11.1 Å². The number of aromatic nitrogens is 2. The van der Waals surface area contributed by atoms with E-state index in [0.29, 0.717) is 11.6 Å². The molecule has 2 aromatic rings. The van der Waals surface area contributed by atoms with Gasteiger partial charge in [-0.15, -0.1) is 0 Å². The number of fused-ring (bicyclic) bond motifs is 1. The molecule has 0 amide bonds. The van der Waals surface area contributed by atoms with Crippen LogP contribution < -0.4 is 0 Å². The zero-order valence-corrected chi connectivity index (χ0v) is 10.4. The molecule has 3 nitrogen and oxygen atoms in total. The summed E-state index contributed by atoms with van der Waals surface area (Å²) in [5, 5.41) is 10.2. The van der Waals surface area contributed by atoms with E-state index >= 15 is 0 Å². The van der Waals surface area contributed by atoms with Crippen LogP contribution in [-0.4, -0.2) is 15.1 Å². The molecule has 2 atom stereocenters. The maximum atomic E-state index is 10.2. The Balaban J connectivity index is 1.70. The Hall–Kier alpha value is -1.74. The van der Waals surface area contributed by atoms with E-state index in [4.69, 9.17) is 0 Å². The van der Waals surface area contributed by atoms with Gasteiger partial charge in [0, 0.05) is 6.20 Å². The first-order valence-corrected chi connectivity index (χ1v) is 6.28. The summed E-state index contributed by atoms with van der Waals surface area (Å²) in [6.07, 6.45) is 4.65. The second kappa shape index (κ2) is 4.50. The molecule has 0 spiro atoms. The van der Waals surface area contributed by atoms with E-state index in [2.05, 4.69) is 34.2 Å². The average molecular weight is 240 g/mol. The minimum Gasteiger partial charge on any atom is -0.387 e. The van der Waals surface area contributed by atoms with Gasteiger partial charge in [0.1, 0.15) is 0 Å². The van der Waals surface area contributed by atoms with Gasteiger partial charge in [-0.1, -0.05) is 24.3 Å².